The molecular weight excluding hydrogens is 444 g/mol. The van der Waals surface area contributed by atoms with Gasteiger partial charge in [-0.15, -0.1) is 0 Å². The summed E-state index contributed by atoms with van der Waals surface area (Å²) in [5.41, 5.74) is 4.65. The number of fused-ring (bicyclic) bond motifs is 1. The second-order valence-corrected chi connectivity index (χ2v) is 8.67. The summed E-state index contributed by atoms with van der Waals surface area (Å²) in [5.74, 6) is 0.731. The van der Waals surface area contributed by atoms with Crippen LogP contribution >= 0.6 is 0 Å². The van der Waals surface area contributed by atoms with Crippen molar-refractivity contribution in [2.24, 2.45) is 0 Å². The summed E-state index contributed by atoms with van der Waals surface area (Å²) in [6.45, 7) is 1.89. The smallest absolute Gasteiger partial charge is 0.360 e. The summed E-state index contributed by atoms with van der Waals surface area (Å²) in [6.07, 6.45) is 5.29. The number of aromatic nitrogens is 1. The monoisotopic (exact) mass is 476 g/mol. The van der Waals surface area contributed by atoms with Crippen molar-refractivity contribution in [2.75, 3.05) is 34.4 Å². The zero-order chi connectivity index (χ0) is 24.8. The maximum Gasteiger partial charge on any atom is 0.360 e. The Balaban J connectivity index is 1.47. The summed E-state index contributed by atoms with van der Waals surface area (Å²) in [5, 5.41) is 10.1. The number of carbonyl (C=O) groups is 1. The SMILES string of the molecule is COC(=O)c1ncc(CCCCN2CCc3cc(OC)c(OC)cc3C2c2ccccc2)cc1O. The second kappa shape index (κ2) is 11.2. The van der Waals surface area contributed by atoms with Gasteiger partial charge in [0.25, 0.3) is 0 Å². The molecule has 4 rings (SSSR count). The van der Waals surface area contributed by atoms with Crippen LogP contribution in [0.5, 0.6) is 17.2 Å². The Morgan fingerprint density at radius 2 is 1.80 bits per heavy atom. The zero-order valence-corrected chi connectivity index (χ0v) is 20.5. The number of hydrogen-bond acceptors (Lipinski definition) is 7. The fourth-order valence-corrected chi connectivity index (χ4v) is 4.79. The number of hydrogen-bond donors (Lipinski definition) is 1. The van der Waals surface area contributed by atoms with Crippen LogP contribution in [0.25, 0.3) is 0 Å². The van der Waals surface area contributed by atoms with Crippen LogP contribution in [0.1, 0.15) is 51.6 Å². The van der Waals surface area contributed by atoms with E-state index in [2.05, 4.69) is 51.0 Å². The Hall–Kier alpha value is -3.58. The van der Waals surface area contributed by atoms with Gasteiger partial charge in [0, 0.05) is 12.7 Å². The van der Waals surface area contributed by atoms with Gasteiger partial charge in [0.2, 0.25) is 0 Å². The van der Waals surface area contributed by atoms with Crippen LogP contribution < -0.4 is 9.47 Å². The molecule has 1 unspecified atom stereocenters. The number of rotatable bonds is 9. The topological polar surface area (TPSA) is 81.1 Å². The normalized spacial score (nSPS) is 15.3. The van der Waals surface area contributed by atoms with Crippen LogP contribution in [0.3, 0.4) is 0 Å². The number of ether oxygens (including phenoxy) is 3. The molecule has 0 amide bonds. The highest BCUT2D eigenvalue weighted by Crippen LogP contribution is 2.41. The van der Waals surface area contributed by atoms with E-state index in [1.807, 2.05) is 6.07 Å². The van der Waals surface area contributed by atoms with Crippen LogP contribution in [0.2, 0.25) is 0 Å². The van der Waals surface area contributed by atoms with Gasteiger partial charge in [0.05, 0.1) is 27.4 Å². The molecule has 0 radical (unpaired) electrons. The molecule has 0 saturated carbocycles. The summed E-state index contributed by atoms with van der Waals surface area (Å²) in [6, 6.07) is 16.5. The van der Waals surface area contributed by atoms with E-state index in [4.69, 9.17) is 9.47 Å². The molecule has 7 nitrogen and oxygen atoms in total. The number of nitrogens with zero attached hydrogens (tertiary/aromatic N) is 2. The summed E-state index contributed by atoms with van der Waals surface area (Å²) in [7, 11) is 4.62. The van der Waals surface area contributed by atoms with E-state index in [1.54, 1.807) is 26.5 Å². The predicted octanol–water partition coefficient (Wildman–Crippen LogP) is 4.56. The molecule has 1 aliphatic rings. The quantitative estimate of drug-likeness (QED) is 0.358. The molecule has 35 heavy (non-hydrogen) atoms. The highest BCUT2D eigenvalue weighted by Gasteiger charge is 2.30. The van der Waals surface area contributed by atoms with Crippen LogP contribution in [-0.2, 0) is 17.6 Å². The molecule has 7 heteroatoms. The average Bonchev–Trinajstić information content (AvgIpc) is 2.90. The lowest BCUT2D eigenvalue weighted by Gasteiger charge is -2.38. The minimum atomic E-state index is -0.638. The Kier molecular flexibility index (Phi) is 7.87. The standard InChI is InChI=1S/C28H32N2O5/c1-33-24-16-21-12-14-30(27(20-10-5-4-6-11-20)22(21)17-25(24)34-2)13-8-7-9-19-15-23(31)26(29-18-19)28(32)35-3/h4-6,10-11,15-18,27,31H,7-9,12-14H2,1-3H3. The molecule has 1 aliphatic heterocycles. The zero-order valence-electron chi connectivity index (χ0n) is 20.5. The van der Waals surface area contributed by atoms with Crippen LogP contribution in [0.15, 0.2) is 54.7 Å². The number of unbranched alkanes of at least 4 members (excludes halogenated alkanes) is 1. The minimum Gasteiger partial charge on any atom is -0.505 e. The Labute approximate surface area is 206 Å². The maximum atomic E-state index is 11.6. The number of methoxy groups -OCH3 is 3. The molecule has 0 fully saturated rings. The molecule has 0 saturated heterocycles. The van der Waals surface area contributed by atoms with E-state index >= 15 is 0 Å². The molecule has 3 aromatic rings. The number of carbonyl (C=O) groups excluding carboxylic acids is 1. The first-order valence-corrected chi connectivity index (χ1v) is 11.9. The van der Waals surface area contributed by atoms with Crippen molar-refractivity contribution in [3.63, 3.8) is 0 Å². The van der Waals surface area contributed by atoms with Gasteiger partial charge in [0.15, 0.2) is 17.2 Å². The first kappa shape index (κ1) is 24.5. The lowest BCUT2D eigenvalue weighted by molar-refractivity contribution is 0.0590. The third-order valence-electron chi connectivity index (χ3n) is 6.55. The highest BCUT2D eigenvalue weighted by molar-refractivity contribution is 5.90. The molecule has 1 aromatic heterocycles. The van der Waals surface area contributed by atoms with Gasteiger partial charge in [-0.25, -0.2) is 9.78 Å². The van der Waals surface area contributed by atoms with Gasteiger partial charge in [-0.2, -0.15) is 0 Å². The van der Waals surface area contributed by atoms with Crippen molar-refractivity contribution in [1.82, 2.24) is 9.88 Å². The molecule has 0 aliphatic carbocycles. The van der Waals surface area contributed by atoms with Gasteiger partial charge in [-0.1, -0.05) is 30.3 Å². The van der Waals surface area contributed by atoms with Crippen LogP contribution in [0.4, 0.5) is 0 Å². The number of aromatic hydroxyl groups is 1. The summed E-state index contributed by atoms with van der Waals surface area (Å²) in [4.78, 5) is 18.2. The van der Waals surface area contributed by atoms with E-state index in [0.29, 0.717) is 0 Å². The van der Waals surface area contributed by atoms with Gasteiger partial charge in [-0.3, -0.25) is 4.90 Å². The van der Waals surface area contributed by atoms with Crippen LogP contribution in [0, 0.1) is 0 Å². The third kappa shape index (κ3) is 5.41. The molecule has 0 bridgehead atoms. The molecule has 2 heterocycles. The largest absolute Gasteiger partial charge is 0.505 e. The highest BCUT2D eigenvalue weighted by atomic mass is 16.5. The summed E-state index contributed by atoms with van der Waals surface area (Å²) < 4.78 is 15.8. The Morgan fingerprint density at radius 3 is 2.49 bits per heavy atom. The van der Waals surface area contributed by atoms with E-state index < -0.39 is 5.97 Å². The maximum absolute atomic E-state index is 11.6. The fourth-order valence-electron chi connectivity index (χ4n) is 4.79. The number of aryl methyl sites for hydroxylation is 1. The van der Waals surface area contributed by atoms with Crippen molar-refractivity contribution in [3.05, 3.63) is 82.7 Å². The van der Waals surface area contributed by atoms with Gasteiger partial charge in [-0.05, 0) is 72.7 Å². The summed E-state index contributed by atoms with van der Waals surface area (Å²) >= 11 is 0. The van der Waals surface area contributed by atoms with Crippen molar-refractivity contribution in [3.8, 4) is 17.2 Å². The van der Waals surface area contributed by atoms with Gasteiger partial charge < -0.3 is 19.3 Å². The van der Waals surface area contributed by atoms with E-state index in [1.165, 1.54) is 23.8 Å². The average molecular weight is 477 g/mol. The van der Waals surface area contributed by atoms with Gasteiger partial charge >= 0.3 is 5.97 Å². The number of benzene rings is 2. The Morgan fingerprint density at radius 1 is 1.06 bits per heavy atom. The van der Waals surface area contributed by atoms with Crippen molar-refractivity contribution in [1.29, 1.82) is 0 Å². The molecule has 1 N–H and O–H groups in total. The first-order chi connectivity index (χ1) is 17.0. The van der Waals surface area contributed by atoms with E-state index in [0.717, 1.165) is 55.8 Å². The lowest BCUT2D eigenvalue weighted by Crippen LogP contribution is -2.37. The molecule has 184 valence electrons. The molecule has 2 aromatic carbocycles. The van der Waals surface area contributed by atoms with Crippen molar-refractivity contribution < 1.29 is 24.1 Å². The van der Waals surface area contributed by atoms with Crippen molar-refractivity contribution >= 4 is 5.97 Å². The Bertz CT molecular complexity index is 1170. The fraction of sp³-hybridized carbons (Fsp3) is 0.357. The van der Waals surface area contributed by atoms with Crippen LogP contribution in [-0.4, -0.2) is 55.4 Å². The first-order valence-electron chi connectivity index (χ1n) is 11.9. The van der Waals surface area contributed by atoms with Gasteiger partial charge in [0.1, 0.15) is 5.75 Å². The molecule has 1 atom stereocenters. The predicted molar refractivity (Wildman–Crippen MR) is 133 cm³/mol. The molecular formula is C28H32N2O5. The lowest BCUT2D eigenvalue weighted by atomic mass is 9.87. The third-order valence-corrected chi connectivity index (χ3v) is 6.55. The minimum absolute atomic E-state index is 0.0546. The van der Waals surface area contributed by atoms with E-state index in [-0.39, 0.29) is 17.5 Å². The van der Waals surface area contributed by atoms with E-state index in [9.17, 15) is 9.90 Å². The number of pyridine rings is 1. The number of esters is 1. The second-order valence-electron chi connectivity index (χ2n) is 8.67. The van der Waals surface area contributed by atoms with Crippen molar-refractivity contribution in [2.45, 2.75) is 31.7 Å². The molecule has 0 spiro atoms.